The molecule has 1 N–H and O–H groups in total. The number of hydrogen-bond acceptors (Lipinski definition) is 2. The standard InChI is InChI=1S/C18H29NO/c1-4-14(5-2)13-20-16-10-11-17-15(12-16)8-7-9-18(17)19-6-3/h10-12,14,18-19H,4-9,13H2,1-3H3. The van der Waals surface area contributed by atoms with Crippen LogP contribution in [0.25, 0.3) is 0 Å². The van der Waals surface area contributed by atoms with Gasteiger partial charge in [-0.1, -0.05) is 39.7 Å². The molecule has 2 heteroatoms. The van der Waals surface area contributed by atoms with Crippen LogP contribution in [0, 0.1) is 5.92 Å². The highest BCUT2D eigenvalue weighted by Crippen LogP contribution is 2.32. The number of hydrogen-bond donors (Lipinski definition) is 1. The molecule has 2 rings (SSSR count). The number of rotatable bonds is 7. The van der Waals surface area contributed by atoms with Crippen LogP contribution in [-0.2, 0) is 6.42 Å². The van der Waals surface area contributed by atoms with Gasteiger partial charge in [0.15, 0.2) is 0 Å². The van der Waals surface area contributed by atoms with Gasteiger partial charge in [0, 0.05) is 6.04 Å². The molecule has 0 saturated heterocycles. The molecule has 20 heavy (non-hydrogen) atoms. The van der Waals surface area contributed by atoms with E-state index in [-0.39, 0.29) is 0 Å². The molecule has 0 radical (unpaired) electrons. The van der Waals surface area contributed by atoms with Crippen LogP contribution >= 0.6 is 0 Å². The Morgan fingerprint density at radius 2 is 2.05 bits per heavy atom. The second-order valence-electron chi connectivity index (χ2n) is 5.86. The third kappa shape index (κ3) is 3.76. The summed E-state index contributed by atoms with van der Waals surface area (Å²) in [5.41, 5.74) is 2.96. The third-order valence-electron chi connectivity index (χ3n) is 4.52. The third-order valence-corrected chi connectivity index (χ3v) is 4.52. The predicted octanol–water partition coefficient (Wildman–Crippen LogP) is 4.49. The van der Waals surface area contributed by atoms with Gasteiger partial charge in [-0.2, -0.15) is 0 Å². The lowest BCUT2D eigenvalue weighted by molar-refractivity contribution is 0.240. The van der Waals surface area contributed by atoms with Crippen LogP contribution in [0.4, 0.5) is 0 Å². The highest BCUT2D eigenvalue weighted by molar-refractivity contribution is 5.39. The molecule has 0 saturated carbocycles. The molecular formula is C18H29NO. The van der Waals surface area contributed by atoms with E-state index in [1.807, 2.05) is 0 Å². The van der Waals surface area contributed by atoms with Crippen LogP contribution in [0.1, 0.15) is 63.6 Å². The van der Waals surface area contributed by atoms with Crippen molar-refractivity contribution in [3.63, 3.8) is 0 Å². The molecule has 0 amide bonds. The van der Waals surface area contributed by atoms with E-state index in [2.05, 4.69) is 44.3 Å². The van der Waals surface area contributed by atoms with E-state index in [0.29, 0.717) is 12.0 Å². The summed E-state index contributed by atoms with van der Waals surface area (Å²) in [6, 6.07) is 7.22. The molecule has 0 heterocycles. The molecule has 0 aliphatic heterocycles. The first-order valence-electron chi connectivity index (χ1n) is 8.27. The second kappa shape index (κ2) is 7.68. The minimum Gasteiger partial charge on any atom is -0.493 e. The first-order valence-corrected chi connectivity index (χ1v) is 8.27. The zero-order valence-corrected chi connectivity index (χ0v) is 13.2. The predicted molar refractivity (Wildman–Crippen MR) is 85.4 cm³/mol. The van der Waals surface area contributed by atoms with E-state index in [1.165, 1.54) is 43.2 Å². The number of ether oxygens (including phenoxy) is 1. The van der Waals surface area contributed by atoms with E-state index < -0.39 is 0 Å². The summed E-state index contributed by atoms with van der Waals surface area (Å²) >= 11 is 0. The van der Waals surface area contributed by atoms with Crippen LogP contribution < -0.4 is 10.1 Å². The molecule has 1 aliphatic rings. The fourth-order valence-corrected chi connectivity index (χ4v) is 3.08. The van der Waals surface area contributed by atoms with E-state index in [4.69, 9.17) is 4.74 Å². The van der Waals surface area contributed by atoms with Crippen molar-refractivity contribution in [2.24, 2.45) is 5.92 Å². The Balaban J connectivity index is 2.03. The summed E-state index contributed by atoms with van der Waals surface area (Å²) in [5.74, 6) is 1.73. The molecule has 0 spiro atoms. The summed E-state index contributed by atoms with van der Waals surface area (Å²) in [5, 5.41) is 3.59. The van der Waals surface area contributed by atoms with E-state index in [0.717, 1.165) is 18.9 Å². The Morgan fingerprint density at radius 3 is 2.75 bits per heavy atom. The van der Waals surface area contributed by atoms with Crippen LogP contribution in [0.5, 0.6) is 5.75 Å². The molecule has 1 aliphatic carbocycles. The largest absolute Gasteiger partial charge is 0.493 e. The highest BCUT2D eigenvalue weighted by Gasteiger charge is 2.19. The number of nitrogens with one attached hydrogen (secondary N) is 1. The van der Waals surface area contributed by atoms with Gasteiger partial charge in [-0.05, 0) is 55.0 Å². The van der Waals surface area contributed by atoms with Gasteiger partial charge in [-0.15, -0.1) is 0 Å². The van der Waals surface area contributed by atoms with Gasteiger partial charge in [0.2, 0.25) is 0 Å². The van der Waals surface area contributed by atoms with Gasteiger partial charge in [-0.25, -0.2) is 0 Å². The fourth-order valence-electron chi connectivity index (χ4n) is 3.08. The van der Waals surface area contributed by atoms with Crippen molar-refractivity contribution in [3.8, 4) is 5.75 Å². The van der Waals surface area contributed by atoms with E-state index in [9.17, 15) is 0 Å². The van der Waals surface area contributed by atoms with Crippen molar-refractivity contribution in [2.45, 2.75) is 58.9 Å². The average molecular weight is 275 g/mol. The van der Waals surface area contributed by atoms with Crippen molar-refractivity contribution in [2.75, 3.05) is 13.2 Å². The molecule has 1 aromatic rings. The summed E-state index contributed by atoms with van der Waals surface area (Å²) in [7, 11) is 0. The fraction of sp³-hybridized carbons (Fsp3) is 0.667. The Kier molecular flexibility index (Phi) is 5.90. The van der Waals surface area contributed by atoms with Gasteiger partial charge in [-0.3, -0.25) is 0 Å². The molecule has 0 bridgehead atoms. The maximum Gasteiger partial charge on any atom is 0.119 e. The van der Waals surface area contributed by atoms with E-state index >= 15 is 0 Å². The molecule has 0 fully saturated rings. The van der Waals surface area contributed by atoms with Crippen molar-refractivity contribution in [1.82, 2.24) is 5.32 Å². The molecule has 0 aromatic heterocycles. The van der Waals surface area contributed by atoms with Crippen LogP contribution in [-0.4, -0.2) is 13.2 Å². The molecule has 1 aromatic carbocycles. The van der Waals surface area contributed by atoms with E-state index in [1.54, 1.807) is 0 Å². The normalized spacial score (nSPS) is 18.1. The summed E-state index contributed by atoms with van der Waals surface area (Å²) in [6.07, 6.45) is 6.13. The SMILES string of the molecule is CCNC1CCCc2cc(OCC(CC)CC)ccc21. The Bertz CT molecular complexity index is 412. The molecule has 2 nitrogen and oxygen atoms in total. The van der Waals surface area contributed by atoms with Gasteiger partial charge >= 0.3 is 0 Å². The maximum atomic E-state index is 5.99. The maximum absolute atomic E-state index is 5.99. The van der Waals surface area contributed by atoms with Gasteiger partial charge in [0.25, 0.3) is 0 Å². The molecule has 112 valence electrons. The first kappa shape index (κ1) is 15.4. The topological polar surface area (TPSA) is 21.3 Å². The number of fused-ring (bicyclic) bond motifs is 1. The molecule has 1 atom stereocenters. The van der Waals surface area contributed by atoms with Gasteiger partial charge in [0.05, 0.1) is 6.61 Å². The monoisotopic (exact) mass is 275 g/mol. The molecule has 1 unspecified atom stereocenters. The van der Waals surface area contributed by atoms with Crippen molar-refractivity contribution in [1.29, 1.82) is 0 Å². The highest BCUT2D eigenvalue weighted by atomic mass is 16.5. The summed E-state index contributed by atoms with van der Waals surface area (Å²) in [4.78, 5) is 0. The van der Waals surface area contributed by atoms with Crippen molar-refractivity contribution < 1.29 is 4.74 Å². The first-order chi connectivity index (χ1) is 9.78. The Labute approximate surface area is 123 Å². The zero-order valence-electron chi connectivity index (χ0n) is 13.2. The minimum atomic E-state index is 0.539. The minimum absolute atomic E-state index is 0.539. The van der Waals surface area contributed by atoms with Crippen LogP contribution in [0.2, 0.25) is 0 Å². The zero-order chi connectivity index (χ0) is 14.4. The van der Waals surface area contributed by atoms with Gasteiger partial charge in [0.1, 0.15) is 5.75 Å². The quantitative estimate of drug-likeness (QED) is 0.791. The van der Waals surface area contributed by atoms with Crippen molar-refractivity contribution >= 4 is 0 Å². The van der Waals surface area contributed by atoms with Crippen LogP contribution in [0.15, 0.2) is 18.2 Å². The second-order valence-corrected chi connectivity index (χ2v) is 5.86. The smallest absolute Gasteiger partial charge is 0.119 e. The molecular weight excluding hydrogens is 246 g/mol. The number of benzene rings is 1. The lowest BCUT2D eigenvalue weighted by Crippen LogP contribution is -2.24. The lowest BCUT2D eigenvalue weighted by Gasteiger charge is -2.26. The Hall–Kier alpha value is -1.02. The summed E-state index contributed by atoms with van der Waals surface area (Å²) < 4.78 is 5.99. The lowest BCUT2D eigenvalue weighted by atomic mass is 9.87. The number of aryl methyl sites for hydroxylation is 1. The Morgan fingerprint density at radius 1 is 1.25 bits per heavy atom. The van der Waals surface area contributed by atoms with Crippen molar-refractivity contribution in [3.05, 3.63) is 29.3 Å². The average Bonchev–Trinajstić information content (AvgIpc) is 2.48. The van der Waals surface area contributed by atoms with Crippen LogP contribution in [0.3, 0.4) is 0 Å². The van der Waals surface area contributed by atoms with Gasteiger partial charge < -0.3 is 10.1 Å². The summed E-state index contributed by atoms with van der Waals surface area (Å²) in [6.45, 7) is 8.55.